The zero-order valence-corrected chi connectivity index (χ0v) is 12.7. The molecular formula is C16H27NO3. The van der Waals surface area contributed by atoms with Crippen molar-refractivity contribution >= 4 is 11.9 Å². The SMILES string of the molecule is C=CCCCCCNC(=O)C1CC(C)CC1C(=O)OC. The molecule has 1 saturated carbocycles. The molecule has 0 aromatic rings. The Morgan fingerprint density at radius 3 is 2.60 bits per heavy atom. The maximum Gasteiger partial charge on any atom is 0.309 e. The highest BCUT2D eigenvalue weighted by molar-refractivity contribution is 5.85. The Morgan fingerprint density at radius 2 is 1.95 bits per heavy atom. The average molecular weight is 281 g/mol. The molecule has 1 aliphatic rings. The lowest BCUT2D eigenvalue weighted by Crippen LogP contribution is -2.36. The van der Waals surface area contributed by atoms with E-state index in [4.69, 9.17) is 4.74 Å². The first-order valence-electron chi connectivity index (χ1n) is 7.56. The Morgan fingerprint density at radius 1 is 1.25 bits per heavy atom. The fourth-order valence-corrected chi connectivity index (χ4v) is 2.93. The van der Waals surface area contributed by atoms with Crippen LogP contribution in [0.25, 0.3) is 0 Å². The fraction of sp³-hybridized carbons (Fsp3) is 0.750. The monoisotopic (exact) mass is 281 g/mol. The number of hydrogen-bond donors (Lipinski definition) is 1. The van der Waals surface area contributed by atoms with Gasteiger partial charge in [0.05, 0.1) is 18.9 Å². The van der Waals surface area contributed by atoms with Gasteiger partial charge in [-0.05, 0) is 38.0 Å². The van der Waals surface area contributed by atoms with E-state index in [9.17, 15) is 9.59 Å². The van der Waals surface area contributed by atoms with Crippen molar-refractivity contribution in [2.45, 2.75) is 45.4 Å². The smallest absolute Gasteiger partial charge is 0.309 e. The minimum absolute atomic E-state index is 0.00784. The summed E-state index contributed by atoms with van der Waals surface area (Å²) in [4.78, 5) is 23.9. The van der Waals surface area contributed by atoms with E-state index >= 15 is 0 Å². The summed E-state index contributed by atoms with van der Waals surface area (Å²) in [5.41, 5.74) is 0. The van der Waals surface area contributed by atoms with Crippen LogP contribution in [-0.2, 0) is 14.3 Å². The zero-order valence-electron chi connectivity index (χ0n) is 12.7. The number of methoxy groups -OCH3 is 1. The molecule has 0 heterocycles. The number of allylic oxidation sites excluding steroid dienone is 1. The minimum Gasteiger partial charge on any atom is -0.469 e. The first-order valence-corrected chi connectivity index (χ1v) is 7.56. The second-order valence-corrected chi connectivity index (χ2v) is 5.74. The zero-order chi connectivity index (χ0) is 15.0. The number of ether oxygens (including phenoxy) is 1. The van der Waals surface area contributed by atoms with Gasteiger partial charge in [-0.15, -0.1) is 6.58 Å². The summed E-state index contributed by atoms with van der Waals surface area (Å²) in [6.45, 7) is 6.46. The molecule has 0 aromatic carbocycles. The molecule has 1 amide bonds. The topological polar surface area (TPSA) is 55.4 Å². The predicted molar refractivity (Wildman–Crippen MR) is 79.1 cm³/mol. The van der Waals surface area contributed by atoms with Gasteiger partial charge in [0.15, 0.2) is 0 Å². The van der Waals surface area contributed by atoms with Crippen molar-refractivity contribution < 1.29 is 14.3 Å². The molecule has 0 aromatic heterocycles. The number of hydrogen-bond acceptors (Lipinski definition) is 3. The maximum absolute atomic E-state index is 12.2. The van der Waals surface area contributed by atoms with Crippen molar-refractivity contribution in [3.63, 3.8) is 0 Å². The molecule has 4 heteroatoms. The van der Waals surface area contributed by atoms with Gasteiger partial charge < -0.3 is 10.1 Å². The van der Waals surface area contributed by atoms with Crippen LogP contribution in [-0.4, -0.2) is 25.5 Å². The summed E-state index contributed by atoms with van der Waals surface area (Å²) in [5.74, 6) is -0.321. The van der Waals surface area contributed by atoms with Crippen LogP contribution in [0.3, 0.4) is 0 Å². The highest BCUT2D eigenvalue weighted by Gasteiger charge is 2.41. The molecule has 1 aliphatic carbocycles. The Labute approximate surface area is 122 Å². The highest BCUT2D eigenvalue weighted by Crippen LogP contribution is 2.37. The minimum atomic E-state index is -0.268. The van der Waals surface area contributed by atoms with Crippen LogP contribution in [0.15, 0.2) is 12.7 Å². The number of carbonyl (C=O) groups is 2. The number of amides is 1. The first-order chi connectivity index (χ1) is 9.60. The van der Waals surface area contributed by atoms with Gasteiger partial charge in [-0.1, -0.05) is 19.4 Å². The van der Waals surface area contributed by atoms with E-state index in [0.717, 1.165) is 38.5 Å². The highest BCUT2D eigenvalue weighted by atomic mass is 16.5. The molecule has 20 heavy (non-hydrogen) atoms. The van der Waals surface area contributed by atoms with E-state index < -0.39 is 0 Å². The van der Waals surface area contributed by atoms with Crippen LogP contribution in [0.4, 0.5) is 0 Å². The maximum atomic E-state index is 12.2. The largest absolute Gasteiger partial charge is 0.469 e. The summed E-state index contributed by atoms with van der Waals surface area (Å²) in [6.07, 6.45) is 7.66. The molecule has 3 unspecified atom stereocenters. The van der Waals surface area contributed by atoms with Gasteiger partial charge in [-0.25, -0.2) is 0 Å². The molecule has 0 aliphatic heterocycles. The second-order valence-electron chi connectivity index (χ2n) is 5.74. The fourth-order valence-electron chi connectivity index (χ4n) is 2.93. The average Bonchev–Trinajstić information content (AvgIpc) is 2.83. The van der Waals surface area contributed by atoms with Gasteiger partial charge in [-0.2, -0.15) is 0 Å². The Kier molecular flexibility index (Phi) is 7.34. The molecule has 3 atom stereocenters. The van der Waals surface area contributed by atoms with Crippen LogP contribution in [0, 0.1) is 17.8 Å². The van der Waals surface area contributed by atoms with Crippen LogP contribution < -0.4 is 5.32 Å². The van der Waals surface area contributed by atoms with E-state index in [1.165, 1.54) is 7.11 Å². The van der Waals surface area contributed by atoms with E-state index in [-0.39, 0.29) is 23.7 Å². The van der Waals surface area contributed by atoms with Crippen molar-refractivity contribution in [3.8, 4) is 0 Å². The Hall–Kier alpha value is -1.32. The lowest BCUT2D eigenvalue weighted by atomic mass is 9.95. The lowest BCUT2D eigenvalue weighted by Gasteiger charge is -2.17. The van der Waals surface area contributed by atoms with Gasteiger partial charge in [0, 0.05) is 6.54 Å². The molecular weight excluding hydrogens is 254 g/mol. The van der Waals surface area contributed by atoms with Crippen molar-refractivity contribution in [1.82, 2.24) is 5.32 Å². The number of esters is 1. The number of nitrogens with one attached hydrogen (secondary N) is 1. The van der Waals surface area contributed by atoms with Crippen LogP contribution in [0.1, 0.15) is 45.4 Å². The van der Waals surface area contributed by atoms with E-state index in [1.807, 2.05) is 6.08 Å². The van der Waals surface area contributed by atoms with E-state index in [0.29, 0.717) is 12.5 Å². The third-order valence-electron chi connectivity index (χ3n) is 4.02. The van der Waals surface area contributed by atoms with Gasteiger partial charge in [0.2, 0.25) is 5.91 Å². The van der Waals surface area contributed by atoms with Crippen LogP contribution >= 0.6 is 0 Å². The van der Waals surface area contributed by atoms with Crippen LogP contribution in [0.2, 0.25) is 0 Å². The molecule has 0 radical (unpaired) electrons. The van der Waals surface area contributed by atoms with Gasteiger partial charge >= 0.3 is 5.97 Å². The quantitative estimate of drug-likeness (QED) is 0.423. The van der Waals surface area contributed by atoms with Crippen molar-refractivity contribution in [1.29, 1.82) is 0 Å². The van der Waals surface area contributed by atoms with E-state index in [2.05, 4.69) is 18.8 Å². The molecule has 1 N–H and O–H groups in total. The molecule has 4 nitrogen and oxygen atoms in total. The van der Waals surface area contributed by atoms with Gasteiger partial charge in [0.25, 0.3) is 0 Å². The van der Waals surface area contributed by atoms with Gasteiger partial charge in [0.1, 0.15) is 0 Å². The predicted octanol–water partition coefficient (Wildman–Crippen LogP) is 2.68. The molecule has 1 fully saturated rings. The summed E-state index contributed by atoms with van der Waals surface area (Å²) < 4.78 is 4.80. The lowest BCUT2D eigenvalue weighted by molar-refractivity contribution is -0.149. The van der Waals surface area contributed by atoms with Crippen molar-refractivity contribution in [2.75, 3.05) is 13.7 Å². The second kappa shape index (κ2) is 8.77. The van der Waals surface area contributed by atoms with Crippen molar-refractivity contribution in [3.05, 3.63) is 12.7 Å². The Bertz CT molecular complexity index is 341. The number of unbranched alkanes of at least 4 members (excludes halogenated alkanes) is 3. The molecule has 1 rings (SSSR count). The number of carbonyl (C=O) groups excluding carboxylic acids is 2. The standard InChI is InChI=1S/C16H27NO3/c1-4-5-6-7-8-9-17-15(18)13-10-12(2)11-14(13)16(19)20-3/h4,12-14H,1,5-11H2,2-3H3,(H,17,18). The third-order valence-corrected chi connectivity index (χ3v) is 4.02. The summed E-state index contributed by atoms with van der Waals surface area (Å²) in [7, 11) is 1.39. The van der Waals surface area contributed by atoms with Crippen LogP contribution in [0.5, 0.6) is 0 Å². The molecule has 0 saturated heterocycles. The van der Waals surface area contributed by atoms with E-state index in [1.54, 1.807) is 0 Å². The molecule has 0 bridgehead atoms. The summed E-state index contributed by atoms with van der Waals surface area (Å²) in [5, 5.41) is 2.96. The number of rotatable bonds is 8. The normalized spacial score (nSPS) is 25.2. The molecule has 0 spiro atoms. The Balaban J connectivity index is 2.33. The first kappa shape index (κ1) is 16.7. The summed E-state index contributed by atoms with van der Waals surface area (Å²) in [6, 6.07) is 0. The summed E-state index contributed by atoms with van der Waals surface area (Å²) >= 11 is 0. The van der Waals surface area contributed by atoms with Gasteiger partial charge in [-0.3, -0.25) is 9.59 Å². The molecule has 114 valence electrons. The third kappa shape index (κ3) is 4.99. The van der Waals surface area contributed by atoms with Crippen molar-refractivity contribution in [2.24, 2.45) is 17.8 Å².